The first kappa shape index (κ1) is 31.6. The van der Waals surface area contributed by atoms with Gasteiger partial charge in [-0.15, -0.1) is 68.1 Å². The van der Waals surface area contributed by atoms with E-state index in [2.05, 4.69) is 117 Å². The molecule has 0 saturated heterocycles. The van der Waals surface area contributed by atoms with Gasteiger partial charge in [0.1, 0.15) is 0 Å². The zero-order valence-corrected chi connectivity index (χ0v) is 28.9. The van der Waals surface area contributed by atoms with Crippen molar-refractivity contribution in [2.24, 2.45) is 0 Å². The molecule has 36 heavy (non-hydrogen) atoms. The Morgan fingerprint density at radius 1 is 0.722 bits per heavy atom. The van der Waals surface area contributed by atoms with Crippen molar-refractivity contribution in [3.8, 4) is 0 Å². The van der Waals surface area contributed by atoms with Gasteiger partial charge >= 0.3 is 53.5 Å². The molecular formula is C32H44Cl2SiZr-2. The Morgan fingerprint density at radius 2 is 1.06 bits per heavy atom. The van der Waals surface area contributed by atoms with Gasteiger partial charge in [0.25, 0.3) is 0 Å². The molecule has 0 fully saturated rings. The third-order valence-corrected chi connectivity index (χ3v) is 27.0. The predicted octanol–water partition coefficient (Wildman–Crippen LogP) is 11.5. The summed E-state index contributed by atoms with van der Waals surface area (Å²) < 4.78 is 0. The number of fused-ring (bicyclic) bond motifs is 2. The number of rotatable bonds is 4. The Kier molecular flexibility index (Phi) is 12.7. The quantitative estimate of drug-likeness (QED) is 0.158. The summed E-state index contributed by atoms with van der Waals surface area (Å²) in [6, 6.07) is 18.4. The predicted molar refractivity (Wildman–Crippen MR) is 165 cm³/mol. The third kappa shape index (κ3) is 8.17. The van der Waals surface area contributed by atoms with E-state index in [9.17, 15) is 0 Å². The van der Waals surface area contributed by atoms with E-state index in [1.54, 1.807) is 0 Å². The van der Waals surface area contributed by atoms with Crippen LogP contribution in [0.5, 0.6) is 0 Å². The van der Waals surface area contributed by atoms with Crippen LogP contribution in [-0.2, 0) is 18.0 Å². The first-order chi connectivity index (χ1) is 16.9. The van der Waals surface area contributed by atoms with Gasteiger partial charge in [-0.05, 0) is 11.8 Å². The van der Waals surface area contributed by atoms with E-state index in [4.69, 9.17) is 17.0 Å². The van der Waals surface area contributed by atoms with Crippen LogP contribution < -0.4 is 0 Å². The van der Waals surface area contributed by atoms with Gasteiger partial charge < -0.3 is 0 Å². The Morgan fingerprint density at radius 3 is 1.33 bits per heavy atom. The van der Waals surface area contributed by atoms with Crippen LogP contribution in [0.1, 0.15) is 85.8 Å². The number of hydrogen-bond donors (Lipinski definition) is 0. The molecule has 0 saturated carbocycles. The van der Waals surface area contributed by atoms with Crippen molar-refractivity contribution in [1.29, 1.82) is 0 Å². The second-order valence-corrected chi connectivity index (χ2v) is 33.5. The van der Waals surface area contributed by atoms with E-state index in [-0.39, 0.29) is 5.43 Å². The summed E-state index contributed by atoms with van der Waals surface area (Å²) in [6.45, 7) is 22.2. The van der Waals surface area contributed by atoms with Gasteiger partial charge in [-0.2, -0.15) is 12.1 Å². The molecule has 0 aliphatic rings. The van der Waals surface area contributed by atoms with Crippen LogP contribution in [0.4, 0.5) is 0 Å². The van der Waals surface area contributed by atoms with E-state index in [1.807, 2.05) is 0 Å². The summed E-state index contributed by atoms with van der Waals surface area (Å²) in [5.74, 6) is 1.32. The van der Waals surface area contributed by atoms with Crippen LogP contribution in [0, 0.1) is 27.7 Å². The molecule has 4 rings (SSSR count). The minimum atomic E-state index is -1.65. The fraction of sp³-hybridized carbons (Fsp3) is 0.438. The number of benzene rings is 2. The average molecular weight is 619 g/mol. The molecular weight excluding hydrogens is 575 g/mol. The second kappa shape index (κ2) is 14.5. The molecule has 2 atom stereocenters. The van der Waals surface area contributed by atoms with Gasteiger partial charge in [0.2, 0.25) is 0 Å². The number of aryl methyl sites for hydroxylation is 4. The van der Waals surface area contributed by atoms with Crippen LogP contribution in [0.2, 0.25) is 13.1 Å². The van der Waals surface area contributed by atoms with E-state index in [0.717, 1.165) is 0 Å². The van der Waals surface area contributed by atoms with Gasteiger partial charge in [0, 0.05) is 0 Å². The van der Waals surface area contributed by atoms with Crippen LogP contribution in [0.15, 0.2) is 48.5 Å². The normalized spacial score (nSPS) is 12.4. The Balaban J connectivity index is 0.000000208. The zero-order chi connectivity index (χ0) is 27.2. The van der Waals surface area contributed by atoms with Crippen molar-refractivity contribution >= 4 is 44.0 Å². The summed E-state index contributed by atoms with van der Waals surface area (Å²) >= 11 is -1.65. The van der Waals surface area contributed by atoms with Crippen molar-refractivity contribution in [2.45, 2.75) is 93.2 Å². The van der Waals surface area contributed by atoms with Crippen LogP contribution in [-0.4, -0.2) is 5.43 Å². The molecule has 2 unspecified atom stereocenters. The van der Waals surface area contributed by atoms with Crippen molar-refractivity contribution in [1.82, 2.24) is 0 Å². The summed E-state index contributed by atoms with van der Waals surface area (Å²) in [6.07, 6.45) is 2.42. The number of halogens is 2. The Labute approximate surface area is 235 Å². The monoisotopic (exact) mass is 616 g/mol. The molecule has 0 N–H and O–H groups in total. The maximum absolute atomic E-state index is 5.62. The van der Waals surface area contributed by atoms with E-state index in [0.29, 0.717) is 11.8 Å². The van der Waals surface area contributed by atoms with Crippen molar-refractivity contribution in [3.05, 3.63) is 81.9 Å². The van der Waals surface area contributed by atoms with Crippen LogP contribution >= 0.6 is 17.0 Å². The fourth-order valence-corrected chi connectivity index (χ4v) is 4.52. The maximum atomic E-state index is 5.62. The van der Waals surface area contributed by atoms with Crippen LogP contribution in [0.25, 0.3) is 21.5 Å². The molecule has 0 radical (unpaired) electrons. The molecule has 4 aromatic carbocycles. The SMILES string of the molecule is CCC(C)c1ccc(C)c2[cH-]c(C)cc12.CCC(C)c1ccc(C)c2[cH-]c(C)cc12.C[Si](C)=[Zr]([Cl])[Cl]. The minimum absolute atomic E-state index is 0.224. The average Bonchev–Trinajstić information content (AvgIpc) is 3.42. The Hall–Kier alpha value is -0.660. The van der Waals surface area contributed by atoms with Gasteiger partial charge in [-0.1, -0.05) is 91.5 Å². The molecule has 4 aromatic rings. The Bertz CT molecular complexity index is 1220. The number of hydrogen-bond acceptors (Lipinski definition) is 0. The summed E-state index contributed by atoms with van der Waals surface area (Å²) in [7, 11) is 11.2. The van der Waals surface area contributed by atoms with Crippen molar-refractivity contribution in [3.63, 3.8) is 0 Å². The van der Waals surface area contributed by atoms with Gasteiger partial charge in [0.05, 0.1) is 0 Å². The topological polar surface area (TPSA) is 0 Å². The zero-order valence-electron chi connectivity index (χ0n) is 23.9. The summed E-state index contributed by atoms with van der Waals surface area (Å²) in [4.78, 5) is 0. The van der Waals surface area contributed by atoms with Gasteiger partial charge in [-0.25, -0.2) is 0 Å². The second-order valence-electron chi connectivity index (χ2n) is 10.5. The van der Waals surface area contributed by atoms with Gasteiger partial charge in [-0.3, -0.25) is 0 Å². The molecule has 0 heterocycles. The van der Waals surface area contributed by atoms with E-state index in [1.165, 1.54) is 67.8 Å². The van der Waals surface area contributed by atoms with E-state index < -0.39 is 18.0 Å². The molecule has 0 aromatic heterocycles. The summed E-state index contributed by atoms with van der Waals surface area (Å²) in [5.41, 5.74) is 8.33. The standard InChI is InChI=1S/2C15H19.C2H6Si.2ClH.Zr/c2*1-5-11(3)13-7-6-12(4)14-8-10(2)9-15(13)14;1-3-2;;;/h2*6-9,11H,5H2,1-4H3;1-2H3;2*1H;/q2*-1;;;;+2/p-2. The van der Waals surface area contributed by atoms with Crippen molar-refractivity contribution in [2.75, 3.05) is 0 Å². The van der Waals surface area contributed by atoms with E-state index >= 15 is 0 Å². The summed E-state index contributed by atoms with van der Waals surface area (Å²) in [5, 5.41) is 5.79. The third-order valence-electron chi connectivity index (χ3n) is 7.23. The first-order valence-electron chi connectivity index (χ1n) is 13.2. The first-order valence-corrected chi connectivity index (χ1v) is 25.7. The van der Waals surface area contributed by atoms with Crippen molar-refractivity contribution < 1.29 is 18.0 Å². The molecule has 196 valence electrons. The molecule has 0 spiro atoms. The molecule has 0 nitrogen and oxygen atoms in total. The van der Waals surface area contributed by atoms with Gasteiger partial charge in [0.15, 0.2) is 0 Å². The molecule has 4 heteroatoms. The molecule has 0 aliphatic heterocycles. The molecule has 0 bridgehead atoms. The molecule has 0 amide bonds. The van der Waals surface area contributed by atoms with Crippen LogP contribution in [0.3, 0.4) is 0 Å². The fourth-order valence-electron chi connectivity index (χ4n) is 4.52. The molecule has 0 aliphatic carbocycles.